The third-order valence-corrected chi connectivity index (χ3v) is 11.1. The molecule has 8 nitrogen and oxygen atoms in total. The first-order chi connectivity index (χ1) is 28.3. The fraction of sp³-hybridized carbons (Fsp3) is 0. The maximum atomic E-state index is 5.52. The number of pyridine rings is 2. The molecule has 0 saturated heterocycles. The van der Waals surface area contributed by atoms with Crippen LogP contribution in [0.2, 0.25) is 0 Å². The summed E-state index contributed by atoms with van der Waals surface area (Å²) < 4.78 is 6.82. The minimum absolute atomic E-state index is 0.537. The van der Waals surface area contributed by atoms with Gasteiger partial charge in [0.1, 0.15) is 0 Å². The molecular formula is C49H30N8. The zero-order valence-corrected chi connectivity index (χ0v) is 30.4. The van der Waals surface area contributed by atoms with Crippen LogP contribution in [0.15, 0.2) is 183 Å². The standard InChI is InChI=1S/C49H30N8/c1-2-13-31(14-3-1)47-52-48(54-49(53-47)57-40-21-10-4-15-32(40)33-16-5-11-22-41(33)57)46-44(55-38-19-8-6-17-34(38)36-29-50-27-25-42(36)55)23-12-24-45(46)56-39-20-9-7-18-35(39)37-30-51-28-26-43(37)56/h1-30H. The van der Waals surface area contributed by atoms with Crippen LogP contribution in [0.3, 0.4) is 0 Å². The maximum absolute atomic E-state index is 5.52. The molecule has 0 saturated carbocycles. The predicted molar refractivity (Wildman–Crippen MR) is 229 cm³/mol. The molecule has 6 heterocycles. The lowest BCUT2D eigenvalue weighted by Gasteiger charge is -2.20. The minimum atomic E-state index is 0.537. The highest BCUT2D eigenvalue weighted by atomic mass is 15.2. The number of fused-ring (bicyclic) bond motifs is 9. The molecule has 12 aromatic rings. The van der Waals surface area contributed by atoms with Crippen LogP contribution >= 0.6 is 0 Å². The van der Waals surface area contributed by atoms with Crippen molar-refractivity contribution in [1.82, 2.24) is 38.6 Å². The van der Waals surface area contributed by atoms with Gasteiger partial charge in [0.05, 0.1) is 50.0 Å². The van der Waals surface area contributed by atoms with E-state index in [-0.39, 0.29) is 0 Å². The molecule has 6 aromatic carbocycles. The van der Waals surface area contributed by atoms with Crippen molar-refractivity contribution in [3.63, 3.8) is 0 Å². The predicted octanol–water partition coefficient (Wildman–Crippen LogP) is 11.3. The maximum Gasteiger partial charge on any atom is 0.238 e. The lowest BCUT2D eigenvalue weighted by Crippen LogP contribution is -2.10. The molecule has 0 radical (unpaired) electrons. The molecule has 0 aliphatic heterocycles. The van der Waals surface area contributed by atoms with E-state index in [0.717, 1.165) is 87.9 Å². The Kier molecular flexibility index (Phi) is 6.76. The summed E-state index contributed by atoms with van der Waals surface area (Å²) in [5.41, 5.74) is 9.86. The van der Waals surface area contributed by atoms with Gasteiger partial charge in [-0.3, -0.25) is 14.5 Å². The number of para-hydroxylation sites is 4. The van der Waals surface area contributed by atoms with E-state index in [4.69, 9.17) is 15.0 Å². The molecule has 6 aromatic heterocycles. The largest absolute Gasteiger partial charge is 0.308 e. The molecule has 0 spiro atoms. The molecule has 0 aliphatic rings. The van der Waals surface area contributed by atoms with E-state index in [1.165, 1.54) is 0 Å². The van der Waals surface area contributed by atoms with Crippen LogP contribution in [0.5, 0.6) is 0 Å². The van der Waals surface area contributed by atoms with Crippen molar-refractivity contribution in [2.45, 2.75) is 0 Å². The van der Waals surface area contributed by atoms with Gasteiger partial charge in [0.2, 0.25) is 5.95 Å². The molecule has 266 valence electrons. The molecule has 12 rings (SSSR count). The lowest BCUT2D eigenvalue weighted by molar-refractivity contribution is 0.949. The van der Waals surface area contributed by atoms with Crippen LogP contribution in [-0.2, 0) is 0 Å². The Morgan fingerprint density at radius 1 is 0.316 bits per heavy atom. The van der Waals surface area contributed by atoms with Crippen molar-refractivity contribution in [2.75, 3.05) is 0 Å². The molecular weight excluding hydrogens is 701 g/mol. The number of rotatable bonds is 5. The summed E-state index contributed by atoms with van der Waals surface area (Å²) in [5.74, 6) is 1.66. The van der Waals surface area contributed by atoms with E-state index in [1.807, 2.05) is 43.0 Å². The van der Waals surface area contributed by atoms with Crippen LogP contribution in [0.4, 0.5) is 0 Å². The van der Waals surface area contributed by atoms with E-state index in [9.17, 15) is 0 Å². The smallest absolute Gasteiger partial charge is 0.238 e. The molecule has 8 heteroatoms. The van der Waals surface area contributed by atoms with Gasteiger partial charge in [0, 0.05) is 62.7 Å². The summed E-state index contributed by atoms with van der Waals surface area (Å²) >= 11 is 0. The summed E-state index contributed by atoms with van der Waals surface area (Å²) in [6, 6.07) is 54.7. The van der Waals surface area contributed by atoms with E-state index in [1.54, 1.807) is 0 Å². The Bertz CT molecular complexity index is 3250. The van der Waals surface area contributed by atoms with Crippen molar-refractivity contribution in [3.05, 3.63) is 183 Å². The molecule has 0 N–H and O–H groups in total. The molecule has 0 amide bonds. The van der Waals surface area contributed by atoms with Crippen LogP contribution in [-0.4, -0.2) is 38.6 Å². The van der Waals surface area contributed by atoms with Crippen LogP contribution in [0.1, 0.15) is 0 Å². The first-order valence-electron chi connectivity index (χ1n) is 18.9. The van der Waals surface area contributed by atoms with E-state index in [0.29, 0.717) is 17.6 Å². The monoisotopic (exact) mass is 730 g/mol. The highest BCUT2D eigenvalue weighted by Crippen LogP contribution is 2.42. The third kappa shape index (κ3) is 4.64. The summed E-state index contributed by atoms with van der Waals surface area (Å²) in [4.78, 5) is 25.3. The SMILES string of the molecule is c1ccc(-c2nc(-c3c(-n4c5ccccc5c5cnccc54)cccc3-n3c4ccccc4c4cnccc43)nc(-n3c4ccccc4c4ccccc43)n2)cc1. The first-order valence-corrected chi connectivity index (χ1v) is 18.9. The van der Waals surface area contributed by atoms with Crippen molar-refractivity contribution in [1.29, 1.82) is 0 Å². The second-order valence-electron chi connectivity index (χ2n) is 14.2. The van der Waals surface area contributed by atoms with E-state index in [2.05, 4.69) is 163 Å². The van der Waals surface area contributed by atoms with E-state index >= 15 is 0 Å². The van der Waals surface area contributed by atoms with Gasteiger partial charge in [-0.1, -0.05) is 109 Å². The van der Waals surface area contributed by atoms with Crippen molar-refractivity contribution in [3.8, 4) is 40.1 Å². The zero-order valence-electron chi connectivity index (χ0n) is 30.4. The molecule has 0 unspecified atom stereocenters. The Hall–Kier alpha value is -7.97. The Labute approximate surface area is 325 Å². The van der Waals surface area contributed by atoms with Crippen molar-refractivity contribution in [2.24, 2.45) is 0 Å². The van der Waals surface area contributed by atoms with Crippen molar-refractivity contribution >= 4 is 65.4 Å². The summed E-state index contributed by atoms with van der Waals surface area (Å²) in [5, 5.41) is 6.64. The second-order valence-corrected chi connectivity index (χ2v) is 14.2. The van der Waals surface area contributed by atoms with Gasteiger partial charge in [0.15, 0.2) is 11.6 Å². The summed E-state index contributed by atoms with van der Waals surface area (Å²) in [7, 11) is 0. The minimum Gasteiger partial charge on any atom is -0.308 e. The van der Waals surface area contributed by atoms with Crippen LogP contribution in [0.25, 0.3) is 106 Å². The lowest BCUT2D eigenvalue weighted by atomic mass is 10.1. The Morgan fingerprint density at radius 3 is 1.26 bits per heavy atom. The molecule has 57 heavy (non-hydrogen) atoms. The number of hydrogen-bond acceptors (Lipinski definition) is 5. The molecule has 0 fully saturated rings. The van der Waals surface area contributed by atoms with Gasteiger partial charge in [-0.05, 0) is 48.5 Å². The van der Waals surface area contributed by atoms with Gasteiger partial charge in [-0.2, -0.15) is 9.97 Å². The van der Waals surface area contributed by atoms with Crippen LogP contribution in [0, 0.1) is 0 Å². The van der Waals surface area contributed by atoms with Gasteiger partial charge in [0.25, 0.3) is 0 Å². The van der Waals surface area contributed by atoms with Gasteiger partial charge < -0.3 is 9.13 Å². The van der Waals surface area contributed by atoms with E-state index < -0.39 is 0 Å². The topological polar surface area (TPSA) is 79.2 Å². The molecule has 0 atom stereocenters. The first kappa shape index (κ1) is 31.4. The second kappa shape index (κ2) is 12.3. The normalized spacial score (nSPS) is 11.9. The number of nitrogens with zero attached hydrogens (tertiary/aromatic N) is 8. The number of aromatic nitrogens is 8. The zero-order chi connectivity index (χ0) is 37.5. The highest BCUT2D eigenvalue weighted by Gasteiger charge is 2.25. The Balaban J connectivity index is 1.26. The average molecular weight is 731 g/mol. The van der Waals surface area contributed by atoms with Gasteiger partial charge in [-0.25, -0.2) is 4.98 Å². The molecule has 0 bridgehead atoms. The van der Waals surface area contributed by atoms with Gasteiger partial charge >= 0.3 is 0 Å². The summed E-state index contributed by atoms with van der Waals surface area (Å²) in [6.07, 6.45) is 7.62. The van der Waals surface area contributed by atoms with Crippen LogP contribution < -0.4 is 0 Å². The number of hydrogen-bond donors (Lipinski definition) is 0. The fourth-order valence-corrected chi connectivity index (χ4v) is 8.71. The summed E-state index contributed by atoms with van der Waals surface area (Å²) in [6.45, 7) is 0. The Morgan fingerprint density at radius 2 is 0.737 bits per heavy atom. The number of benzene rings is 6. The van der Waals surface area contributed by atoms with Crippen molar-refractivity contribution < 1.29 is 0 Å². The average Bonchev–Trinajstić information content (AvgIpc) is 3.92. The fourth-order valence-electron chi connectivity index (χ4n) is 8.71. The van der Waals surface area contributed by atoms with Gasteiger partial charge in [-0.15, -0.1) is 0 Å². The molecule has 0 aliphatic carbocycles. The third-order valence-electron chi connectivity index (χ3n) is 11.1. The highest BCUT2D eigenvalue weighted by molar-refractivity contribution is 6.12. The quantitative estimate of drug-likeness (QED) is 0.176.